The van der Waals surface area contributed by atoms with Crippen molar-refractivity contribution in [3.63, 3.8) is 0 Å². The molecule has 0 saturated carbocycles. The summed E-state index contributed by atoms with van der Waals surface area (Å²) in [6, 6.07) is 3.73. The van der Waals surface area contributed by atoms with E-state index in [0.717, 1.165) is 12.1 Å². The molecule has 2 N–H and O–H groups in total. The van der Waals surface area contributed by atoms with Crippen molar-refractivity contribution in [2.75, 3.05) is 6.54 Å². The number of rotatable bonds is 3. The summed E-state index contributed by atoms with van der Waals surface area (Å²) in [5.74, 6) is 0. The molecule has 0 amide bonds. The van der Waals surface area contributed by atoms with Gasteiger partial charge in [0.1, 0.15) is 0 Å². The van der Waals surface area contributed by atoms with Gasteiger partial charge in [0.05, 0.1) is 0 Å². The highest BCUT2D eigenvalue weighted by Gasteiger charge is 1.91. The van der Waals surface area contributed by atoms with Crippen LogP contribution in [-0.2, 0) is 0 Å². The van der Waals surface area contributed by atoms with E-state index < -0.39 is 0 Å². The first-order valence-corrected chi connectivity index (χ1v) is 4.20. The molecule has 0 aliphatic carbocycles. The predicted molar refractivity (Wildman–Crippen MR) is 55.4 cm³/mol. The van der Waals surface area contributed by atoms with Crippen LogP contribution in [0.15, 0.2) is 35.6 Å². The van der Waals surface area contributed by atoms with Crippen molar-refractivity contribution in [3.05, 3.63) is 36.2 Å². The van der Waals surface area contributed by atoms with Crippen LogP contribution in [0.2, 0.25) is 0 Å². The first kappa shape index (κ1) is 9.45. The van der Waals surface area contributed by atoms with Crippen LogP contribution in [-0.4, -0.2) is 17.7 Å². The minimum atomic E-state index is 0.708. The number of nitrogens with zero attached hydrogens (tertiary/aromatic N) is 2. The lowest BCUT2D eigenvalue weighted by Crippen LogP contribution is -1.96. The van der Waals surface area contributed by atoms with Crippen molar-refractivity contribution in [1.29, 1.82) is 0 Å². The van der Waals surface area contributed by atoms with Crippen LogP contribution in [0.4, 0.5) is 0 Å². The van der Waals surface area contributed by atoms with Gasteiger partial charge in [-0.15, -0.1) is 0 Å². The van der Waals surface area contributed by atoms with Crippen molar-refractivity contribution in [3.8, 4) is 0 Å². The lowest BCUT2D eigenvalue weighted by molar-refractivity contribution is 1.14. The third-order valence-corrected chi connectivity index (χ3v) is 1.56. The smallest absolute Gasteiger partial charge is 0.0404 e. The van der Waals surface area contributed by atoms with Gasteiger partial charge in [0.25, 0.3) is 0 Å². The first-order chi connectivity index (χ1) is 6.34. The van der Waals surface area contributed by atoms with Gasteiger partial charge in [-0.25, -0.2) is 0 Å². The number of allylic oxidation sites excluding steroid dienone is 1. The Hall–Kier alpha value is -1.64. The summed E-state index contributed by atoms with van der Waals surface area (Å²) in [6.07, 6.45) is 6.94. The average Bonchev–Trinajstić information content (AvgIpc) is 2.19. The first-order valence-electron chi connectivity index (χ1n) is 4.20. The molecular weight excluding hydrogens is 162 g/mol. The van der Waals surface area contributed by atoms with Gasteiger partial charge in [-0.3, -0.25) is 9.98 Å². The lowest BCUT2D eigenvalue weighted by atomic mass is 10.2. The quantitative estimate of drug-likeness (QED) is 0.707. The van der Waals surface area contributed by atoms with Crippen LogP contribution >= 0.6 is 0 Å². The van der Waals surface area contributed by atoms with E-state index in [4.69, 9.17) is 5.73 Å². The summed E-state index contributed by atoms with van der Waals surface area (Å²) < 4.78 is 0. The molecular formula is C10H13N3. The highest BCUT2D eigenvalue weighted by Crippen LogP contribution is 2.04. The monoisotopic (exact) mass is 175 g/mol. The summed E-state index contributed by atoms with van der Waals surface area (Å²) in [4.78, 5) is 7.95. The van der Waals surface area contributed by atoms with Crippen LogP contribution in [0.25, 0.3) is 5.70 Å². The van der Waals surface area contributed by atoms with Crippen LogP contribution in [0, 0.1) is 0 Å². The zero-order valence-electron chi connectivity index (χ0n) is 7.64. The van der Waals surface area contributed by atoms with Crippen LogP contribution in [0.5, 0.6) is 0 Å². The molecule has 0 atom stereocenters. The van der Waals surface area contributed by atoms with Gasteiger partial charge in [0.15, 0.2) is 0 Å². The van der Waals surface area contributed by atoms with Gasteiger partial charge >= 0.3 is 0 Å². The Morgan fingerprint density at radius 1 is 1.54 bits per heavy atom. The Morgan fingerprint density at radius 2 is 2.23 bits per heavy atom. The van der Waals surface area contributed by atoms with E-state index in [1.54, 1.807) is 24.7 Å². The minimum Gasteiger partial charge on any atom is -0.398 e. The number of aromatic nitrogens is 1. The fourth-order valence-electron chi connectivity index (χ4n) is 0.879. The van der Waals surface area contributed by atoms with Crippen molar-refractivity contribution in [1.82, 2.24) is 4.98 Å². The molecule has 0 radical (unpaired) electrons. The Labute approximate surface area is 78.0 Å². The van der Waals surface area contributed by atoms with E-state index in [0.29, 0.717) is 5.70 Å². The average molecular weight is 175 g/mol. The van der Waals surface area contributed by atoms with Crippen LogP contribution in [0.1, 0.15) is 12.5 Å². The molecule has 0 aliphatic heterocycles. The molecule has 3 heteroatoms. The molecule has 0 saturated heterocycles. The maximum absolute atomic E-state index is 5.78. The Bertz CT molecular complexity index is 301. The lowest BCUT2D eigenvalue weighted by Gasteiger charge is -1.97. The molecule has 68 valence electrons. The second kappa shape index (κ2) is 5.09. The molecule has 0 aromatic carbocycles. The molecule has 13 heavy (non-hydrogen) atoms. The van der Waals surface area contributed by atoms with Crippen molar-refractivity contribution >= 4 is 11.9 Å². The summed E-state index contributed by atoms with van der Waals surface area (Å²) in [7, 11) is 0. The summed E-state index contributed by atoms with van der Waals surface area (Å²) in [6.45, 7) is 2.76. The summed E-state index contributed by atoms with van der Waals surface area (Å²) >= 11 is 0. The second-order valence-electron chi connectivity index (χ2n) is 2.51. The van der Waals surface area contributed by atoms with Gasteiger partial charge in [-0.2, -0.15) is 0 Å². The fraction of sp³-hybridized carbons (Fsp3) is 0.200. The maximum atomic E-state index is 5.78. The summed E-state index contributed by atoms with van der Waals surface area (Å²) in [5.41, 5.74) is 7.46. The van der Waals surface area contributed by atoms with Gasteiger partial charge < -0.3 is 5.73 Å². The zero-order valence-corrected chi connectivity index (χ0v) is 7.64. The predicted octanol–water partition coefficient (Wildman–Crippen LogP) is 1.47. The number of pyridine rings is 1. The Kier molecular flexibility index (Phi) is 3.70. The molecule has 0 aliphatic rings. The van der Waals surface area contributed by atoms with Crippen molar-refractivity contribution in [2.24, 2.45) is 10.7 Å². The minimum absolute atomic E-state index is 0.708. The second-order valence-corrected chi connectivity index (χ2v) is 2.51. The molecule has 1 rings (SSSR count). The Balaban J connectivity index is 2.73. The molecule has 3 nitrogen and oxygen atoms in total. The topological polar surface area (TPSA) is 51.3 Å². The molecule has 0 bridgehead atoms. The molecule has 0 fully saturated rings. The highest BCUT2D eigenvalue weighted by molar-refractivity contribution is 5.83. The molecule has 1 heterocycles. The van der Waals surface area contributed by atoms with E-state index in [9.17, 15) is 0 Å². The number of hydrogen-bond acceptors (Lipinski definition) is 3. The zero-order chi connectivity index (χ0) is 9.52. The van der Waals surface area contributed by atoms with E-state index in [2.05, 4.69) is 9.98 Å². The van der Waals surface area contributed by atoms with Crippen molar-refractivity contribution < 1.29 is 0 Å². The van der Waals surface area contributed by atoms with Gasteiger partial charge in [-0.1, -0.05) is 0 Å². The number of aliphatic imine (C=N–C) groups is 1. The highest BCUT2D eigenvalue weighted by atomic mass is 14.7. The number of nitrogens with two attached hydrogens (primary N) is 1. The third-order valence-electron chi connectivity index (χ3n) is 1.56. The van der Waals surface area contributed by atoms with Gasteiger partial charge in [0.2, 0.25) is 0 Å². The van der Waals surface area contributed by atoms with E-state index in [1.807, 2.05) is 19.1 Å². The third kappa shape index (κ3) is 3.07. The molecule has 0 spiro atoms. The standard InChI is InChI=1S/C10H13N3/c1-2-12-8-5-10(11)9-3-6-13-7-4-9/h3-8H,2,11H2,1H3. The fourth-order valence-corrected chi connectivity index (χ4v) is 0.879. The summed E-state index contributed by atoms with van der Waals surface area (Å²) in [5, 5.41) is 0. The van der Waals surface area contributed by atoms with Crippen molar-refractivity contribution in [2.45, 2.75) is 6.92 Å². The molecule has 1 aromatic heterocycles. The molecule has 0 unspecified atom stereocenters. The van der Waals surface area contributed by atoms with Gasteiger partial charge in [0, 0.05) is 36.4 Å². The normalized spacial score (nSPS) is 12.2. The van der Waals surface area contributed by atoms with Gasteiger partial charge in [-0.05, 0) is 25.1 Å². The largest absolute Gasteiger partial charge is 0.398 e. The molecule has 1 aromatic rings. The number of hydrogen-bond donors (Lipinski definition) is 1. The van der Waals surface area contributed by atoms with E-state index in [-0.39, 0.29) is 0 Å². The van der Waals surface area contributed by atoms with E-state index in [1.165, 1.54) is 0 Å². The SMILES string of the molecule is CCN=CC=C(N)c1ccncc1. The Morgan fingerprint density at radius 3 is 2.85 bits per heavy atom. The maximum Gasteiger partial charge on any atom is 0.0404 e. The van der Waals surface area contributed by atoms with Crippen LogP contribution in [0.3, 0.4) is 0 Å². The van der Waals surface area contributed by atoms with E-state index >= 15 is 0 Å². The van der Waals surface area contributed by atoms with Crippen LogP contribution < -0.4 is 5.73 Å².